The maximum absolute atomic E-state index is 12.6. The predicted octanol–water partition coefficient (Wildman–Crippen LogP) is 2.20. The predicted molar refractivity (Wildman–Crippen MR) is 92.3 cm³/mol. The number of amides is 1. The molecule has 3 heterocycles. The summed E-state index contributed by atoms with van der Waals surface area (Å²) in [4.78, 5) is 23.2. The van der Waals surface area contributed by atoms with Crippen molar-refractivity contribution in [2.45, 2.75) is 56.8 Å². The lowest BCUT2D eigenvalue weighted by atomic mass is 9.96. The number of likely N-dealkylation sites (tertiary alicyclic amines) is 1. The summed E-state index contributed by atoms with van der Waals surface area (Å²) in [5, 5.41) is 3.38. The molecular weight excluding hydrogens is 320 g/mol. The first-order valence-electron chi connectivity index (χ1n) is 9.40. The van der Waals surface area contributed by atoms with Crippen LogP contribution in [-0.2, 0) is 9.47 Å². The number of ether oxygens (including phenoxy) is 2. The van der Waals surface area contributed by atoms with Gasteiger partial charge in [0, 0.05) is 44.4 Å². The van der Waals surface area contributed by atoms with Crippen LogP contribution in [0, 0.1) is 0 Å². The van der Waals surface area contributed by atoms with Crippen LogP contribution in [0.5, 0.6) is 0 Å². The van der Waals surface area contributed by atoms with Gasteiger partial charge >= 0.3 is 0 Å². The molecule has 1 saturated carbocycles. The second-order valence-corrected chi connectivity index (χ2v) is 7.17. The van der Waals surface area contributed by atoms with Crippen LogP contribution in [0.3, 0.4) is 0 Å². The molecule has 1 spiro atoms. The Hall–Kier alpha value is -1.73. The molecule has 7 nitrogen and oxygen atoms in total. The van der Waals surface area contributed by atoms with Gasteiger partial charge in [-0.05, 0) is 12.8 Å². The van der Waals surface area contributed by atoms with Crippen molar-refractivity contribution in [1.29, 1.82) is 0 Å². The summed E-state index contributed by atoms with van der Waals surface area (Å²) >= 11 is 0. The van der Waals surface area contributed by atoms with Crippen LogP contribution in [0.2, 0.25) is 0 Å². The first-order valence-corrected chi connectivity index (χ1v) is 9.40. The molecule has 1 amide bonds. The van der Waals surface area contributed by atoms with E-state index in [-0.39, 0.29) is 5.91 Å². The van der Waals surface area contributed by atoms with Crippen LogP contribution >= 0.6 is 0 Å². The quantitative estimate of drug-likeness (QED) is 0.904. The number of hydrogen-bond acceptors (Lipinski definition) is 6. The molecule has 1 aliphatic carbocycles. The Morgan fingerprint density at radius 3 is 2.36 bits per heavy atom. The molecule has 0 unspecified atom stereocenters. The first-order chi connectivity index (χ1) is 12.2. The van der Waals surface area contributed by atoms with E-state index in [9.17, 15) is 4.79 Å². The molecule has 1 aromatic rings. The van der Waals surface area contributed by atoms with Crippen molar-refractivity contribution in [3.05, 3.63) is 18.0 Å². The third kappa shape index (κ3) is 3.77. The number of carbonyl (C=O) groups excluding carboxylic acids is 1. The third-order valence-electron chi connectivity index (χ3n) is 5.46. The summed E-state index contributed by atoms with van der Waals surface area (Å²) in [6, 6.07) is 0.458. The number of nitrogens with zero attached hydrogens (tertiary/aromatic N) is 3. The Balaban J connectivity index is 1.33. The van der Waals surface area contributed by atoms with E-state index >= 15 is 0 Å². The van der Waals surface area contributed by atoms with Crippen LogP contribution in [-0.4, -0.2) is 58.9 Å². The molecule has 136 valence electrons. The number of nitrogens with one attached hydrogen (secondary N) is 1. The highest BCUT2D eigenvalue weighted by Gasteiger charge is 2.40. The number of hydrogen-bond donors (Lipinski definition) is 1. The van der Waals surface area contributed by atoms with Crippen molar-refractivity contribution >= 4 is 11.9 Å². The highest BCUT2D eigenvalue weighted by atomic mass is 16.7. The minimum Gasteiger partial charge on any atom is -0.351 e. The van der Waals surface area contributed by atoms with Gasteiger partial charge in [-0.25, -0.2) is 9.97 Å². The minimum absolute atomic E-state index is 0.0166. The summed E-state index contributed by atoms with van der Waals surface area (Å²) < 4.78 is 11.4. The summed E-state index contributed by atoms with van der Waals surface area (Å²) in [5.74, 6) is 0.145. The molecule has 25 heavy (non-hydrogen) atoms. The van der Waals surface area contributed by atoms with Crippen molar-refractivity contribution in [2.75, 3.05) is 31.6 Å². The van der Waals surface area contributed by atoms with Gasteiger partial charge in [0.2, 0.25) is 5.95 Å². The Kier molecular flexibility index (Phi) is 4.85. The lowest BCUT2D eigenvalue weighted by Gasteiger charge is -2.37. The molecule has 1 N–H and O–H groups in total. The summed E-state index contributed by atoms with van der Waals surface area (Å²) in [5.41, 5.74) is 0.540. The van der Waals surface area contributed by atoms with E-state index < -0.39 is 5.79 Å². The lowest BCUT2D eigenvalue weighted by Crippen LogP contribution is -2.47. The van der Waals surface area contributed by atoms with Crippen molar-refractivity contribution in [1.82, 2.24) is 14.9 Å². The smallest absolute Gasteiger partial charge is 0.256 e. The monoisotopic (exact) mass is 346 g/mol. The Morgan fingerprint density at radius 2 is 1.72 bits per heavy atom. The van der Waals surface area contributed by atoms with Crippen molar-refractivity contribution < 1.29 is 14.3 Å². The van der Waals surface area contributed by atoms with Crippen LogP contribution in [0.15, 0.2) is 12.4 Å². The molecule has 7 heteroatoms. The van der Waals surface area contributed by atoms with E-state index in [0.29, 0.717) is 43.9 Å². The highest BCUT2D eigenvalue weighted by molar-refractivity contribution is 5.93. The van der Waals surface area contributed by atoms with E-state index in [1.54, 1.807) is 12.4 Å². The van der Waals surface area contributed by atoms with E-state index in [4.69, 9.17) is 9.47 Å². The Bertz CT molecular complexity index is 585. The van der Waals surface area contributed by atoms with E-state index in [1.807, 2.05) is 4.90 Å². The molecule has 0 atom stereocenters. The van der Waals surface area contributed by atoms with Gasteiger partial charge in [0.05, 0.1) is 18.8 Å². The fourth-order valence-corrected chi connectivity index (χ4v) is 3.96. The highest BCUT2D eigenvalue weighted by Crippen LogP contribution is 2.31. The standard InChI is InChI=1S/C18H26N4O3/c23-16(22-8-6-18(7-9-22)24-10-11-25-18)14-12-19-17(20-13-14)21-15-4-2-1-3-5-15/h12-13,15H,1-11H2,(H,19,20,21). The van der Waals surface area contributed by atoms with Gasteiger partial charge in [-0.1, -0.05) is 19.3 Å². The molecule has 1 aromatic heterocycles. The SMILES string of the molecule is O=C(c1cnc(NC2CCCCC2)nc1)N1CCC2(CC1)OCCO2. The van der Waals surface area contributed by atoms with Gasteiger partial charge in [0.15, 0.2) is 5.79 Å². The van der Waals surface area contributed by atoms with Gasteiger partial charge in [-0.2, -0.15) is 0 Å². The average molecular weight is 346 g/mol. The topological polar surface area (TPSA) is 76.6 Å². The van der Waals surface area contributed by atoms with Gasteiger partial charge in [0.1, 0.15) is 0 Å². The normalized spacial score (nSPS) is 23.8. The Labute approximate surface area is 148 Å². The molecule has 2 aliphatic heterocycles. The van der Waals surface area contributed by atoms with E-state index in [0.717, 1.165) is 12.8 Å². The zero-order chi connectivity index (χ0) is 17.1. The molecule has 3 aliphatic rings. The summed E-state index contributed by atoms with van der Waals surface area (Å²) in [6.45, 7) is 2.58. The lowest BCUT2D eigenvalue weighted by molar-refractivity contribution is -0.181. The zero-order valence-electron chi connectivity index (χ0n) is 14.6. The fraction of sp³-hybridized carbons (Fsp3) is 0.722. The van der Waals surface area contributed by atoms with Gasteiger partial charge in [-0.15, -0.1) is 0 Å². The molecule has 0 radical (unpaired) electrons. The van der Waals surface area contributed by atoms with Gasteiger partial charge < -0.3 is 19.7 Å². The number of anilines is 1. The first kappa shape index (κ1) is 16.7. The fourth-order valence-electron chi connectivity index (χ4n) is 3.96. The number of aromatic nitrogens is 2. The number of piperidine rings is 1. The molecular formula is C18H26N4O3. The largest absolute Gasteiger partial charge is 0.351 e. The second kappa shape index (κ2) is 7.25. The third-order valence-corrected chi connectivity index (χ3v) is 5.46. The molecule has 0 aromatic carbocycles. The van der Waals surface area contributed by atoms with Crippen LogP contribution in [0.4, 0.5) is 5.95 Å². The number of rotatable bonds is 3. The summed E-state index contributed by atoms with van der Waals surface area (Å²) in [7, 11) is 0. The van der Waals surface area contributed by atoms with E-state index in [1.165, 1.54) is 32.1 Å². The van der Waals surface area contributed by atoms with Gasteiger partial charge in [0.25, 0.3) is 5.91 Å². The molecule has 4 rings (SSSR count). The molecule has 3 fully saturated rings. The van der Waals surface area contributed by atoms with Crippen molar-refractivity contribution in [2.24, 2.45) is 0 Å². The van der Waals surface area contributed by atoms with Crippen molar-refractivity contribution in [3.63, 3.8) is 0 Å². The summed E-state index contributed by atoms with van der Waals surface area (Å²) in [6.07, 6.45) is 10.9. The minimum atomic E-state index is -0.457. The van der Waals surface area contributed by atoms with Crippen molar-refractivity contribution in [3.8, 4) is 0 Å². The maximum atomic E-state index is 12.6. The van der Waals surface area contributed by atoms with Crippen LogP contribution < -0.4 is 5.32 Å². The second-order valence-electron chi connectivity index (χ2n) is 7.17. The van der Waals surface area contributed by atoms with Crippen LogP contribution in [0.25, 0.3) is 0 Å². The zero-order valence-corrected chi connectivity index (χ0v) is 14.6. The average Bonchev–Trinajstić information content (AvgIpc) is 3.11. The molecule has 0 bridgehead atoms. The Morgan fingerprint density at radius 1 is 1.08 bits per heavy atom. The number of carbonyl (C=O) groups is 1. The maximum Gasteiger partial charge on any atom is 0.256 e. The van der Waals surface area contributed by atoms with E-state index in [2.05, 4.69) is 15.3 Å². The van der Waals surface area contributed by atoms with Gasteiger partial charge in [-0.3, -0.25) is 4.79 Å². The molecule has 2 saturated heterocycles. The van der Waals surface area contributed by atoms with Crippen LogP contribution in [0.1, 0.15) is 55.3 Å².